The van der Waals surface area contributed by atoms with Crippen molar-refractivity contribution in [1.29, 1.82) is 0 Å². The van der Waals surface area contributed by atoms with Crippen molar-refractivity contribution in [2.75, 3.05) is 11.1 Å². The summed E-state index contributed by atoms with van der Waals surface area (Å²) in [6.45, 7) is 3.51. The van der Waals surface area contributed by atoms with Crippen molar-refractivity contribution in [3.8, 4) is 5.95 Å². The minimum Gasteiger partial charge on any atom is -0.383 e. The third kappa shape index (κ3) is 2.60. The third-order valence-corrected chi connectivity index (χ3v) is 6.06. The lowest BCUT2D eigenvalue weighted by Gasteiger charge is -2.16. The molecule has 0 aliphatic carbocycles. The molecule has 0 radical (unpaired) electrons. The van der Waals surface area contributed by atoms with Crippen molar-refractivity contribution in [1.82, 2.24) is 19.7 Å². The van der Waals surface area contributed by atoms with Crippen LogP contribution in [-0.4, -0.2) is 25.7 Å². The zero-order valence-corrected chi connectivity index (χ0v) is 16.8. The lowest BCUT2D eigenvalue weighted by Crippen LogP contribution is -2.27. The number of rotatable bonds is 3. The van der Waals surface area contributed by atoms with Gasteiger partial charge in [0, 0.05) is 22.6 Å². The Morgan fingerprint density at radius 2 is 2.03 bits per heavy atom. The number of fused-ring (bicyclic) bond motifs is 2. The van der Waals surface area contributed by atoms with E-state index in [0.29, 0.717) is 17.1 Å². The standard InChI is InChI=1S/C20H16F2N6OS/c1-20(2)14-16(23)24-19(26-17(14)25-18(20)29)28-13-8-30-7-10(13)12(27-28)6-9-4-3-5-11(21)15(9)22/h3-5,7-8H,6H2,1-2H3,(H3,23,24,25,26,29). The first-order valence-electron chi connectivity index (χ1n) is 9.14. The number of carbonyl (C=O) groups is 1. The number of nitrogens with zero attached hydrogens (tertiary/aromatic N) is 4. The molecule has 0 unspecified atom stereocenters. The molecule has 5 rings (SSSR count). The fraction of sp³-hybridized carbons (Fsp3) is 0.200. The fourth-order valence-corrected chi connectivity index (χ4v) is 4.51. The Morgan fingerprint density at radius 1 is 1.23 bits per heavy atom. The maximum atomic E-state index is 14.2. The molecule has 1 amide bonds. The number of nitrogen functional groups attached to an aromatic ring is 1. The number of amides is 1. The minimum absolute atomic E-state index is 0.105. The van der Waals surface area contributed by atoms with Gasteiger partial charge in [0.2, 0.25) is 5.91 Å². The molecule has 1 aliphatic heterocycles. The van der Waals surface area contributed by atoms with Gasteiger partial charge in [-0.25, -0.2) is 8.78 Å². The van der Waals surface area contributed by atoms with Crippen molar-refractivity contribution in [2.45, 2.75) is 25.7 Å². The summed E-state index contributed by atoms with van der Waals surface area (Å²) in [7, 11) is 0. The average molecular weight is 426 g/mol. The molecule has 0 atom stereocenters. The van der Waals surface area contributed by atoms with Crippen molar-refractivity contribution in [3.63, 3.8) is 0 Å². The Hall–Kier alpha value is -3.40. The normalized spacial score (nSPS) is 14.9. The number of thiophene rings is 1. The Balaban J connectivity index is 1.63. The Bertz CT molecular complexity index is 1340. The first-order valence-corrected chi connectivity index (χ1v) is 10.1. The molecule has 3 N–H and O–H groups in total. The highest BCUT2D eigenvalue weighted by atomic mass is 32.1. The van der Waals surface area contributed by atoms with E-state index in [2.05, 4.69) is 20.4 Å². The fourth-order valence-electron chi connectivity index (χ4n) is 3.69. The van der Waals surface area contributed by atoms with E-state index in [9.17, 15) is 13.6 Å². The number of nitrogens with one attached hydrogen (secondary N) is 1. The van der Waals surface area contributed by atoms with E-state index >= 15 is 0 Å². The van der Waals surface area contributed by atoms with Crippen LogP contribution in [0.15, 0.2) is 29.0 Å². The summed E-state index contributed by atoms with van der Waals surface area (Å²) in [5.41, 5.74) is 7.36. The number of aromatic nitrogens is 4. The summed E-state index contributed by atoms with van der Waals surface area (Å²) in [6.07, 6.45) is 0.105. The van der Waals surface area contributed by atoms with Crippen LogP contribution in [0.2, 0.25) is 0 Å². The lowest BCUT2D eigenvalue weighted by molar-refractivity contribution is -0.119. The second-order valence-electron chi connectivity index (χ2n) is 7.63. The van der Waals surface area contributed by atoms with Gasteiger partial charge >= 0.3 is 0 Å². The monoisotopic (exact) mass is 426 g/mol. The van der Waals surface area contributed by atoms with E-state index in [1.54, 1.807) is 13.8 Å². The number of hydrogen-bond donors (Lipinski definition) is 2. The van der Waals surface area contributed by atoms with Crippen LogP contribution >= 0.6 is 11.3 Å². The van der Waals surface area contributed by atoms with Gasteiger partial charge < -0.3 is 11.1 Å². The van der Waals surface area contributed by atoms with E-state index < -0.39 is 17.0 Å². The van der Waals surface area contributed by atoms with Gasteiger partial charge in [0.25, 0.3) is 5.95 Å². The quantitative estimate of drug-likeness (QED) is 0.522. The number of nitrogens with two attached hydrogens (primary N) is 1. The molecule has 4 aromatic rings. The maximum absolute atomic E-state index is 14.2. The average Bonchev–Trinajstić information content (AvgIpc) is 3.34. The zero-order valence-electron chi connectivity index (χ0n) is 16.0. The predicted octanol–water partition coefficient (Wildman–Crippen LogP) is 3.56. The molecule has 0 spiro atoms. The number of hydrogen-bond acceptors (Lipinski definition) is 6. The largest absolute Gasteiger partial charge is 0.383 e. The van der Waals surface area contributed by atoms with Crippen LogP contribution in [0.3, 0.4) is 0 Å². The van der Waals surface area contributed by atoms with Gasteiger partial charge in [-0.05, 0) is 25.5 Å². The van der Waals surface area contributed by atoms with Crippen molar-refractivity contribution < 1.29 is 13.6 Å². The Labute approximate surface area is 173 Å². The van der Waals surface area contributed by atoms with Gasteiger partial charge in [0.15, 0.2) is 11.6 Å². The highest BCUT2D eigenvalue weighted by molar-refractivity contribution is 7.09. The predicted molar refractivity (Wildman–Crippen MR) is 110 cm³/mol. The molecule has 4 heterocycles. The topological polar surface area (TPSA) is 98.7 Å². The summed E-state index contributed by atoms with van der Waals surface area (Å²) >= 11 is 1.45. The van der Waals surface area contributed by atoms with Gasteiger partial charge in [-0.3, -0.25) is 4.79 Å². The van der Waals surface area contributed by atoms with E-state index in [1.807, 2.05) is 10.8 Å². The molecule has 0 bridgehead atoms. The lowest BCUT2D eigenvalue weighted by atomic mass is 9.87. The van der Waals surface area contributed by atoms with Crippen LogP contribution < -0.4 is 11.1 Å². The smallest absolute Gasteiger partial charge is 0.255 e. The van der Waals surface area contributed by atoms with Crippen LogP contribution in [0.5, 0.6) is 0 Å². The van der Waals surface area contributed by atoms with Crippen molar-refractivity contribution >= 4 is 39.8 Å². The van der Waals surface area contributed by atoms with E-state index in [-0.39, 0.29) is 29.7 Å². The number of anilines is 2. The number of carbonyl (C=O) groups excluding carboxylic acids is 1. The van der Waals surface area contributed by atoms with Crippen LogP contribution in [0.25, 0.3) is 16.9 Å². The van der Waals surface area contributed by atoms with Crippen molar-refractivity contribution in [2.24, 2.45) is 0 Å². The number of halogens is 2. The van der Waals surface area contributed by atoms with Crippen LogP contribution in [0, 0.1) is 11.6 Å². The molecular weight excluding hydrogens is 410 g/mol. The van der Waals surface area contributed by atoms with Gasteiger partial charge in [-0.1, -0.05) is 12.1 Å². The van der Waals surface area contributed by atoms with Crippen molar-refractivity contribution in [3.05, 3.63) is 57.4 Å². The zero-order chi connectivity index (χ0) is 21.2. The van der Waals surface area contributed by atoms with Crippen LogP contribution in [-0.2, 0) is 16.6 Å². The third-order valence-electron chi connectivity index (χ3n) is 5.33. The van der Waals surface area contributed by atoms with Crippen LogP contribution in [0.4, 0.5) is 20.4 Å². The molecule has 0 saturated carbocycles. The molecule has 1 aromatic carbocycles. The Kier molecular flexibility index (Phi) is 3.91. The summed E-state index contributed by atoms with van der Waals surface area (Å²) in [4.78, 5) is 21.1. The maximum Gasteiger partial charge on any atom is 0.255 e. The SMILES string of the molecule is CC1(C)C(=O)Nc2nc(-n3nc(Cc4cccc(F)c4F)c4cscc43)nc(N)c21. The van der Waals surface area contributed by atoms with E-state index in [4.69, 9.17) is 5.73 Å². The molecule has 3 aromatic heterocycles. The first kappa shape index (κ1) is 18.6. The first-order chi connectivity index (χ1) is 14.3. The molecule has 30 heavy (non-hydrogen) atoms. The summed E-state index contributed by atoms with van der Waals surface area (Å²) in [6, 6.07) is 4.07. The molecule has 1 aliphatic rings. The second-order valence-corrected chi connectivity index (χ2v) is 8.37. The summed E-state index contributed by atoms with van der Waals surface area (Å²) in [5.74, 6) is -1.27. The highest BCUT2D eigenvalue weighted by Crippen LogP contribution is 2.39. The molecule has 10 heteroatoms. The summed E-state index contributed by atoms with van der Waals surface area (Å²) < 4.78 is 29.3. The van der Waals surface area contributed by atoms with Crippen LogP contribution in [0.1, 0.15) is 30.7 Å². The van der Waals surface area contributed by atoms with E-state index in [0.717, 1.165) is 17.0 Å². The van der Waals surface area contributed by atoms with Gasteiger partial charge in [0.1, 0.15) is 11.6 Å². The molecule has 7 nitrogen and oxygen atoms in total. The van der Waals surface area contributed by atoms with Gasteiger partial charge in [-0.2, -0.15) is 19.7 Å². The molecule has 0 fully saturated rings. The Morgan fingerprint density at radius 3 is 2.83 bits per heavy atom. The molecule has 0 saturated heterocycles. The van der Waals surface area contributed by atoms with Gasteiger partial charge in [0.05, 0.1) is 22.2 Å². The number of benzene rings is 1. The summed E-state index contributed by atoms with van der Waals surface area (Å²) in [5, 5.41) is 11.8. The minimum atomic E-state index is -0.901. The molecule has 152 valence electrons. The van der Waals surface area contributed by atoms with Gasteiger partial charge in [-0.15, -0.1) is 11.3 Å². The van der Waals surface area contributed by atoms with E-state index in [1.165, 1.54) is 28.2 Å². The highest BCUT2D eigenvalue weighted by Gasteiger charge is 2.42. The second kappa shape index (κ2) is 6.30. The molecular formula is C20H16F2N6OS.